The summed E-state index contributed by atoms with van der Waals surface area (Å²) >= 11 is 0. The quantitative estimate of drug-likeness (QED) is 0.730. The van der Waals surface area contributed by atoms with Crippen molar-refractivity contribution in [1.82, 2.24) is 5.06 Å². The van der Waals surface area contributed by atoms with Crippen molar-refractivity contribution < 1.29 is 19.5 Å². The molecule has 1 aliphatic heterocycles. The zero-order valence-corrected chi connectivity index (χ0v) is 8.45. The summed E-state index contributed by atoms with van der Waals surface area (Å²) < 4.78 is 0. The lowest BCUT2D eigenvalue weighted by molar-refractivity contribution is -0.196. The van der Waals surface area contributed by atoms with E-state index < -0.39 is 11.6 Å². The molecule has 5 heteroatoms. The number of carbonyl (C=O) groups excluding carboxylic acids is 1. The van der Waals surface area contributed by atoms with Crippen LogP contribution < -0.4 is 0 Å². The highest BCUT2D eigenvalue weighted by molar-refractivity contribution is 5.78. The van der Waals surface area contributed by atoms with Gasteiger partial charge in [0.1, 0.15) is 5.60 Å². The van der Waals surface area contributed by atoms with Crippen molar-refractivity contribution in [3.8, 4) is 0 Å². The summed E-state index contributed by atoms with van der Waals surface area (Å²) in [7, 11) is 0. The molecule has 0 aliphatic carbocycles. The van der Waals surface area contributed by atoms with Crippen LogP contribution in [0.2, 0.25) is 0 Å². The van der Waals surface area contributed by atoms with Crippen LogP contribution in [0.15, 0.2) is 0 Å². The highest BCUT2D eigenvalue weighted by Crippen LogP contribution is 2.29. The third-order valence-electron chi connectivity index (χ3n) is 2.41. The molecule has 1 unspecified atom stereocenters. The molecule has 1 aliphatic rings. The summed E-state index contributed by atoms with van der Waals surface area (Å²) in [5.41, 5.74) is -0.449. The van der Waals surface area contributed by atoms with Crippen molar-refractivity contribution in [3.63, 3.8) is 0 Å². The number of aliphatic carboxylic acids is 1. The number of carboxylic acid groups (broad SMARTS) is 1. The maximum absolute atomic E-state index is 11.4. The third-order valence-corrected chi connectivity index (χ3v) is 2.41. The van der Waals surface area contributed by atoms with Crippen molar-refractivity contribution in [2.24, 2.45) is 0 Å². The molecule has 0 radical (unpaired) electrons. The maximum atomic E-state index is 11.4. The molecule has 1 fully saturated rings. The van der Waals surface area contributed by atoms with Gasteiger partial charge in [0.05, 0.1) is 19.4 Å². The Morgan fingerprint density at radius 3 is 2.79 bits per heavy atom. The average Bonchev–Trinajstić information content (AvgIpc) is 2.39. The first kappa shape index (κ1) is 11.0. The molecule has 1 heterocycles. The monoisotopic (exact) mass is 201 g/mol. The van der Waals surface area contributed by atoms with Gasteiger partial charge in [-0.1, -0.05) is 6.92 Å². The van der Waals surface area contributed by atoms with Gasteiger partial charge in [-0.25, -0.2) is 5.06 Å². The Morgan fingerprint density at radius 2 is 2.36 bits per heavy atom. The summed E-state index contributed by atoms with van der Waals surface area (Å²) in [6.07, 6.45) is 0.997. The number of carboxylic acids is 1. The fourth-order valence-electron chi connectivity index (χ4n) is 1.31. The van der Waals surface area contributed by atoms with E-state index in [1.807, 2.05) is 13.8 Å². The molecule has 0 aromatic rings. The van der Waals surface area contributed by atoms with Crippen LogP contribution >= 0.6 is 0 Å². The highest BCUT2D eigenvalue weighted by Gasteiger charge is 2.39. The first-order valence-corrected chi connectivity index (χ1v) is 4.68. The Kier molecular flexibility index (Phi) is 3.10. The molecule has 14 heavy (non-hydrogen) atoms. The SMILES string of the molecule is CCC1(C)CC(=O)N(CCC(=O)O)O1. The molecule has 0 bridgehead atoms. The normalized spacial score (nSPS) is 27.0. The van der Waals surface area contributed by atoms with E-state index in [-0.39, 0.29) is 18.9 Å². The minimum absolute atomic E-state index is 0.0778. The minimum atomic E-state index is -0.925. The predicted molar refractivity (Wildman–Crippen MR) is 48.4 cm³/mol. The Hall–Kier alpha value is -1.10. The molecular formula is C9H15NO4. The van der Waals surface area contributed by atoms with E-state index in [0.717, 1.165) is 11.5 Å². The minimum Gasteiger partial charge on any atom is -0.481 e. The first-order valence-electron chi connectivity index (χ1n) is 4.68. The number of rotatable bonds is 4. The van der Waals surface area contributed by atoms with Crippen molar-refractivity contribution in [2.75, 3.05) is 6.54 Å². The van der Waals surface area contributed by atoms with Crippen LogP contribution in [0.3, 0.4) is 0 Å². The van der Waals surface area contributed by atoms with Gasteiger partial charge in [0.2, 0.25) is 5.91 Å². The van der Waals surface area contributed by atoms with E-state index in [4.69, 9.17) is 9.94 Å². The van der Waals surface area contributed by atoms with Gasteiger partial charge in [-0.2, -0.15) is 0 Å². The number of nitrogens with zero attached hydrogens (tertiary/aromatic N) is 1. The van der Waals surface area contributed by atoms with Gasteiger partial charge in [-0.3, -0.25) is 14.4 Å². The Bertz CT molecular complexity index is 253. The van der Waals surface area contributed by atoms with Gasteiger partial charge in [-0.15, -0.1) is 0 Å². The Morgan fingerprint density at radius 1 is 1.71 bits per heavy atom. The van der Waals surface area contributed by atoms with Crippen molar-refractivity contribution >= 4 is 11.9 Å². The van der Waals surface area contributed by atoms with Crippen LogP contribution in [0.25, 0.3) is 0 Å². The maximum Gasteiger partial charge on any atom is 0.305 e. The number of hydroxylamine groups is 2. The molecule has 0 aromatic heterocycles. The third kappa shape index (κ3) is 2.45. The molecule has 0 saturated carbocycles. The second-order valence-corrected chi connectivity index (χ2v) is 3.71. The molecule has 1 N–H and O–H groups in total. The largest absolute Gasteiger partial charge is 0.481 e. The number of hydrogen-bond acceptors (Lipinski definition) is 3. The van der Waals surface area contributed by atoms with E-state index in [1.54, 1.807) is 0 Å². The lowest BCUT2D eigenvalue weighted by Gasteiger charge is -2.21. The van der Waals surface area contributed by atoms with Crippen LogP contribution in [0, 0.1) is 0 Å². The standard InChI is InChI=1S/C9H15NO4/c1-3-9(2)6-7(11)10(14-9)5-4-8(12)13/h3-6H2,1-2H3,(H,12,13). The van der Waals surface area contributed by atoms with Gasteiger partial charge in [0, 0.05) is 0 Å². The molecule has 1 atom stereocenters. The topological polar surface area (TPSA) is 66.8 Å². The molecule has 0 aromatic carbocycles. The summed E-state index contributed by atoms with van der Waals surface area (Å²) in [6.45, 7) is 3.92. The summed E-state index contributed by atoms with van der Waals surface area (Å²) in [5.74, 6) is -1.05. The van der Waals surface area contributed by atoms with Crippen molar-refractivity contribution in [2.45, 2.75) is 38.7 Å². The fourth-order valence-corrected chi connectivity index (χ4v) is 1.31. The second kappa shape index (κ2) is 3.96. The lowest BCUT2D eigenvalue weighted by Crippen LogP contribution is -2.29. The fraction of sp³-hybridized carbons (Fsp3) is 0.778. The van der Waals surface area contributed by atoms with Gasteiger partial charge >= 0.3 is 5.97 Å². The van der Waals surface area contributed by atoms with Crippen LogP contribution in [-0.4, -0.2) is 34.2 Å². The number of carbonyl (C=O) groups is 2. The number of amides is 1. The Labute approximate surface area is 82.6 Å². The van der Waals surface area contributed by atoms with E-state index in [1.165, 1.54) is 0 Å². The van der Waals surface area contributed by atoms with Crippen LogP contribution in [0.4, 0.5) is 0 Å². The summed E-state index contributed by atoms with van der Waals surface area (Å²) in [5, 5.41) is 9.62. The van der Waals surface area contributed by atoms with E-state index >= 15 is 0 Å². The molecular weight excluding hydrogens is 186 g/mol. The van der Waals surface area contributed by atoms with Gasteiger partial charge < -0.3 is 5.11 Å². The van der Waals surface area contributed by atoms with Gasteiger partial charge in [0.25, 0.3) is 0 Å². The molecule has 80 valence electrons. The molecule has 5 nitrogen and oxygen atoms in total. The van der Waals surface area contributed by atoms with Crippen LogP contribution in [0.1, 0.15) is 33.1 Å². The van der Waals surface area contributed by atoms with E-state index in [0.29, 0.717) is 6.42 Å². The van der Waals surface area contributed by atoms with Gasteiger partial charge in [0.15, 0.2) is 0 Å². The first-order chi connectivity index (χ1) is 6.47. The average molecular weight is 201 g/mol. The zero-order chi connectivity index (χ0) is 10.8. The van der Waals surface area contributed by atoms with Crippen LogP contribution in [0.5, 0.6) is 0 Å². The van der Waals surface area contributed by atoms with E-state index in [2.05, 4.69) is 0 Å². The van der Waals surface area contributed by atoms with Crippen LogP contribution in [-0.2, 0) is 14.4 Å². The second-order valence-electron chi connectivity index (χ2n) is 3.71. The molecule has 1 rings (SSSR count). The number of hydrogen-bond donors (Lipinski definition) is 1. The predicted octanol–water partition coefficient (Wildman–Crippen LogP) is 0.794. The summed E-state index contributed by atoms with van der Waals surface area (Å²) in [4.78, 5) is 27.1. The summed E-state index contributed by atoms with van der Waals surface area (Å²) in [6, 6.07) is 0. The Balaban J connectivity index is 2.49. The van der Waals surface area contributed by atoms with Gasteiger partial charge in [-0.05, 0) is 13.3 Å². The smallest absolute Gasteiger partial charge is 0.305 e. The van der Waals surface area contributed by atoms with Crippen molar-refractivity contribution in [3.05, 3.63) is 0 Å². The molecule has 0 spiro atoms. The molecule has 1 amide bonds. The van der Waals surface area contributed by atoms with E-state index in [9.17, 15) is 9.59 Å². The molecule has 1 saturated heterocycles. The zero-order valence-electron chi connectivity index (χ0n) is 8.45. The highest BCUT2D eigenvalue weighted by atomic mass is 16.7. The lowest BCUT2D eigenvalue weighted by atomic mass is 10.0. The van der Waals surface area contributed by atoms with Crippen molar-refractivity contribution in [1.29, 1.82) is 0 Å².